The number of aromatic nitrogens is 1. The van der Waals surface area contributed by atoms with Crippen LogP contribution in [0.2, 0.25) is 0 Å². The van der Waals surface area contributed by atoms with Gasteiger partial charge in [0.2, 0.25) is 0 Å². The van der Waals surface area contributed by atoms with Gasteiger partial charge in [0.05, 0.1) is 19.9 Å². The fraction of sp³-hybridized carbons (Fsp3) is 0.214. The van der Waals surface area contributed by atoms with Crippen molar-refractivity contribution in [2.45, 2.75) is 6.61 Å². The van der Waals surface area contributed by atoms with Gasteiger partial charge < -0.3 is 19.6 Å². The summed E-state index contributed by atoms with van der Waals surface area (Å²) in [6.07, 6.45) is 0. The van der Waals surface area contributed by atoms with Crippen molar-refractivity contribution in [3.05, 3.63) is 42.1 Å². The maximum Gasteiger partial charge on any atom is 0.140 e. The molecule has 106 valence electrons. The minimum Gasteiger partial charge on any atom is -0.496 e. The number of nitrogens with two attached hydrogens (primary N) is 1. The molecule has 1 aromatic heterocycles. The number of nitrogens with zero attached hydrogens (tertiary/aromatic N) is 1. The summed E-state index contributed by atoms with van der Waals surface area (Å²) in [5.74, 6) is 7.90. The van der Waals surface area contributed by atoms with Crippen molar-refractivity contribution in [2.75, 3.05) is 19.6 Å². The van der Waals surface area contributed by atoms with Gasteiger partial charge in [-0.25, -0.2) is 10.8 Å². The van der Waals surface area contributed by atoms with Crippen LogP contribution in [0.15, 0.2) is 36.4 Å². The van der Waals surface area contributed by atoms with E-state index in [0.717, 1.165) is 5.69 Å². The zero-order chi connectivity index (χ0) is 14.4. The lowest BCUT2D eigenvalue weighted by molar-refractivity contribution is 0.296. The van der Waals surface area contributed by atoms with Crippen LogP contribution in [0.25, 0.3) is 0 Å². The molecular formula is C14H17N3O3. The van der Waals surface area contributed by atoms with Crippen molar-refractivity contribution in [3.63, 3.8) is 0 Å². The Bertz CT molecular complexity index is 553. The van der Waals surface area contributed by atoms with E-state index in [4.69, 9.17) is 20.1 Å². The van der Waals surface area contributed by atoms with Gasteiger partial charge in [0.25, 0.3) is 0 Å². The maximum absolute atomic E-state index is 5.69. The number of methoxy groups -OCH3 is 2. The van der Waals surface area contributed by atoms with E-state index < -0.39 is 0 Å². The van der Waals surface area contributed by atoms with Crippen LogP contribution in [0.3, 0.4) is 0 Å². The molecule has 0 aliphatic carbocycles. The molecule has 1 aromatic carbocycles. The van der Waals surface area contributed by atoms with Crippen LogP contribution in [0.4, 0.5) is 5.82 Å². The first kappa shape index (κ1) is 14.0. The summed E-state index contributed by atoms with van der Waals surface area (Å²) >= 11 is 0. The van der Waals surface area contributed by atoms with Gasteiger partial charge in [0.1, 0.15) is 29.7 Å². The first-order valence-corrected chi connectivity index (χ1v) is 6.03. The van der Waals surface area contributed by atoms with Crippen molar-refractivity contribution in [1.82, 2.24) is 4.98 Å². The van der Waals surface area contributed by atoms with Gasteiger partial charge in [0, 0.05) is 18.2 Å². The maximum atomic E-state index is 5.69. The van der Waals surface area contributed by atoms with E-state index in [1.165, 1.54) is 0 Å². The van der Waals surface area contributed by atoms with Crippen LogP contribution < -0.4 is 25.5 Å². The van der Waals surface area contributed by atoms with Gasteiger partial charge in [0.15, 0.2) is 0 Å². The molecule has 0 saturated heterocycles. The van der Waals surface area contributed by atoms with Gasteiger partial charge in [-0.15, -0.1) is 0 Å². The van der Waals surface area contributed by atoms with Crippen molar-refractivity contribution in [1.29, 1.82) is 0 Å². The third-order valence-electron chi connectivity index (χ3n) is 2.67. The summed E-state index contributed by atoms with van der Waals surface area (Å²) in [7, 11) is 3.19. The van der Waals surface area contributed by atoms with Crippen LogP contribution in [-0.4, -0.2) is 19.2 Å². The van der Waals surface area contributed by atoms with Crippen molar-refractivity contribution >= 4 is 5.82 Å². The van der Waals surface area contributed by atoms with Crippen LogP contribution in [-0.2, 0) is 6.61 Å². The Kier molecular flexibility index (Phi) is 4.62. The van der Waals surface area contributed by atoms with Gasteiger partial charge in [-0.1, -0.05) is 6.07 Å². The average molecular weight is 275 g/mol. The molecule has 1 heterocycles. The Balaban J connectivity index is 2.09. The highest BCUT2D eigenvalue weighted by atomic mass is 16.5. The first-order chi connectivity index (χ1) is 9.75. The molecule has 0 amide bonds. The second-order valence-corrected chi connectivity index (χ2v) is 4.00. The summed E-state index contributed by atoms with van der Waals surface area (Å²) in [6.45, 7) is 0.325. The standard InChI is InChI=1S/C14H17N3O3/c1-18-11-6-12(19-2)8-13(7-11)20-9-10-4-3-5-14(16-10)17-15/h3-8H,9,15H2,1-2H3,(H,16,17). The SMILES string of the molecule is COc1cc(OC)cc(OCc2cccc(NN)n2)c1. The van der Waals surface area contributed by atoms with Crippen molar-refractivity contribution < 1.29 is 14.2 Å². The highest BCUT2D eigenvalue weighted by Gasteiger charge is 2.04. The normalized spacial score (nSPS) is 9.95. The molecule has 0 aliphatic heterocycles. The number of nitrogens with one attached hydrogen (secondary N) is 1. The molecule has 2 aromatic rings. The second-order valence-electron chi connectivity index (χ2n) is 4.00. The Morgan fingerprint density at radius 3 is 2.30 bits per heavy atom. The predicted octanol–water partition coefficient (Wildman–Crippen LogP) is 1.96. The molecule has 0 radical (unpaired) electrons. The molecule has 0 bridgehead atoms. The lowest BCUT2D eigenvalue weighted by atomic mass is 10.3. The number of anilines is 1. The van der Waals surface area contributed by atoms with E-state index in [2.05, 4.69) is 10.4 Å². The topological polar surface area (TPSA) is 78.6 Å². The monoisotopic (exact) mass is 275 g/mol. The molecule has 20 heavy (non-hydrogen) atoms. The van der Waals surface area contributed by atoms with E-state index >= 15 is 0 Å². The van der Waals surface area contributed by atoms with Crippen LogP contribution >= 0.6 is 0 Å². The summed E-state index contributed by atoms with van der Waals surface area (Å²) in [5, 5.41) is 0. The van der Waals surface area contributed by atoms with Gasteiger partial charge >= 0.3 is 0 Å². The molecule has 0 fully saturated rings. The molecule has 3 N–H and O–H groups in total. The second kappa shape index (κ2) is 6.63. The molecule has 6 heteroatoms. The number of ether oxygens (including phenoxy) is 3. The quantitative estimate of drug-likeness (QED) is 0.620. The first-order valence-electron chi connectivity index (χ1n) is 6.03. The summed E-state index contributed by atoms with van der Waals surface area (Å²) < 4.78 is 16.1. The number of rotatable bonds is 6. The van der Waals surface area contributed by atoms with Gasteiger partial charge in [-0.05, 0) is 12.1 Å². The van der Waals surface area contributed by atoms with E-state index in [-0.39, 0.29) is 0 Å². The van der Waals surface area contributed by atoms with E-state index in [9.17, 15) is 0 Å². The molecular weight excluding hydrogens is 258 g/mol. The number of pyridine rings is 1. The van der Waals surface area contributed by atoms with Crippen molar-refractivity contribution in [2.24, 2.45) is 5.84 Å². The fourth-order valence-electron chi connectivity index (χ4n) is 1.66. The Hall–Kier alpha value is -2.47. The zero-order valence-corrected chi connectivity index (χ0v) is 11.4. The van der Waals surface area contributed by atoms with E-state index in [0.29, 0.717) is 29.7 Å². The average Bonchev–Trinajstić information content (AvgIpc) is 2.52. The van der Waals surface area contributed by atoms with Crippen molar-refractivity contribution in [3.8, 4) is 17.2 Å². The largest absolute Gasteiger partial charge is 0.496 e. The molecule has 0 saturated carbocycles. The van der Waals surface area contributed by atoms with Crippen LogP contribution in [0.1, 0.15) is 5.69 Å². The Morgan fingerprint density at radius 2 is 1.70 bits per heavy atom. The smallest absolute Gasteiger partial charge is 0.140 e. The molecule has 0 atom stereocenters. The Labute approximate surface area is 117 Å². The van der Waals surface area contributed by atoms with E-state index in [1.54, 1.807) is 38.5 Å². The highest BCUT2D eigenvalue weighted by molar-refractivity contribution is 5.42. The molecule has 0 aliphatic rings. The summed E-state index contributed by atoms with van der Waals surface area (Å²) in [6, 6.07) is 10.8. The zero-order valence-electron chi connectivity index (χ0n) is 11.4. The van der Waals surface area contributed by atoms with E-state index in [1.807, 2.05) is 12.1 Å². The summed E-state index contributed by atoms with van der Waals surface area (Å²) in [5.41, 5.74) is 3.26. The number of nitrogen functional groups attached to an aromatic ring is 1. The lowest BCUT2D eigenvalue weighted by Crippen LogP contribution is -2.09. The van der Waals surface area contributed by atoms with Crippen LogP contribution in [0, 0.1) is 0 Å². The highest BCUT2D eigenvalue weighted by Crippen LogP contribution is 2.27. The number of hydrogen-bond donors (Lipinski definition) is 2. The Morgan fingerprint density at radius 1 is 1.05 bits per heavy atom. The molecule has 0 unspecified atom stereocenters. The number of hydrazine groups is 1. The minimum atomic E-state index is 0.325. The predicted molar refractivity (Wildman–Crippen MR) is 75.9 cm³/mol. The number of hydrogen-bond acceptors (Lipinski definition) is 6. The van der Waals surface area contributed by atoms with Crippen LogP contribution in [0.5, 0.6) is 17.2 Å². The third-order valence-corrected chi connectivity index (χ3v) is 2.67. The number of benzene rings is 1. The van der Waals surface area contributed by atoms with Gasteiger partial charge in [-0.2, -0.15) is 0 Å². The summed E-state index contributed by atoms with van der Waals surface area (Å²) in [4.78, 5) is 4.27. The van der Waals surface area contributed by atoms with Gasteiger partial charge in [-0.3, -0.25) is 0 Å². The lowest BCUT2D eigenvalue weighted by Gasteiger charge is -2.10. The third kappa shape index (κ3) is 3.52. The fourth-order valence-corrected chi connectivity index (χ4v) is 1.66. The minimum absolute atomic E-state index is 0.325. The molecule has 2 rings (SSSR count). The molecule has 6 nitrogen and oxygen atoms in total. The molecule has 0 spiro atoms.